The number of aromatic nitrogens is 2. The molecule has 3 nitrogen and oxygen atoms in total. The number of halogens is 2. The second-order valence-corrected chi connectivity index (χ2v) is 7.17. The minimum Gasteiger partial charge on any atom is -0.268 e. The van der Waals surface area contributed by atoms with Crippen LogP contribution < -0.4 is 0 Å². The van der Waals surface area contributed by atoms with Crippen LogP contribution in [0, 0.1) is 18.6 Å². The predicted molar refractivity (Wildman–Crippen MR) is 113 cm³/mol. The van der Waals surface area contributed by atoms with E-state index < -0.39 is 17.5 Å². The zero-order valence-electron chi connectivity index (χ0n) is 16.1. The average molecular weight is 398 g/mol. The van der Waals surface area contributed by atoms with E-state index in [1.54, 1.807) is 19.1 Å². The third-order valence-corrected chi connectivity index (χ3v) is 5.29. The van der Waals surface area contributed by atoms with Crippen LogP contribution in [-0.2, 0) is 0 Å². The van der Waals surface area contributed by atoms with Crippen molar-refractivity contribution in [2.45, 2.75) is 6.92 Å². The summed E-state index contributed by atoms with van der Waals surface area (Å²) >= 11 is 0. The molecule has 1 heterocycles. The van der Waals surface area contributed by atoms with Gasteiger partial charge in [0.05, 0.1) is 16.6 Å². The highest BCUT2D eigenvalue weighted by molar-refractivity contribution is 6.07. The van der Waals surface area contributed by atoms with Gasteiger partial charge >= 0.3 is 0 Å². The summed E-state index contributed by atoms with van der Waals surface area (Å²) in [7, 11) is 0. The smallest absolute Gasteiger partial charge is 0.267 e. The van der Waals surface area contributed by atoms with E-state index >= 15 is 0 Å². The molecule has 5 heteroatoms. The standard InChI is InChI=1S/C25H16F2N2O/c1-15-6-4-11-20(27)23(15)25(30)29-22-13-12-17(26)14-21(22)28-24(29)19-10-5-8-16-7-2-3-9-18(16)19/h2-14H,1H3. The molecule has 5 aromatic rings. The summed E-state index contributed by atoms with van der Waals surface area (Å²) < 4.78 is 29.9. The van der Waals surface area contributed by atoms with Crippen molar-refractivity contribution in [3.63, 3.8) is 0 Å². The van der Waals surface area contributed by atoms with Crippen molar-refractivity contribution >= 4 is 27.7 Å². The highest BCUT2D eigenvalue weighted by Gasteiger charge is 2.24. The Morgan fingerprint density at radius 2 is 1.67 bits per heavy atom. The van der Waals surface area contributed by atoms with Gasteiger partial charge in [-0.05, 0) is 41.5 Å². The fourth-order valence-corrected chi connectivity index (χ4v) is 3.87. The van der Waals surface area contributed by atoms with Crippen molar-refractivity contribution in [1.29, 1.82) is 0 Å². The number of carbonyl (C=O) groups is 1. The van der Waals surface area contributed by atoms with Crippen LogP contribution in [0.15, 0.2) is 78.9 Å². The van der Waals surface area contributed by atoms with Crippen LogP contribution >= 0.6 is 0 Å². The third kappa shape index (κ3) is 2.78. The summed E-state index contributed by atoms with van der Waals surface area (Å²) in [6.45, 7) is 1.69. The second kappa shape index (κ2) is 6.88. The van der Waals surface area contributed by atoms with Crippen molar-refractivity contribution in [3.8, 4) is 11.4 Å². The van der Waals surface area contributed by atoms with Gasteiger partial charge in [0.2, 0.25) is 0 Å². The molecule has 4 aromatic carbocycles. The lowest BCUT2D eigenvalue weighted by atomic mass is 10.0. The summed E-state index contributed by atoms with van der Waals surface area (Å²) in [5, 5.41) is 1.88. The fraction of sp³-hybridized carbons (Fsp3) is 0.0400. The molecule has 0 radical (unpaired) electrons. The molecule has 1 aromatic heterocycles. The maximum Gasteiger partial charge on any atom is 0.267 e. The van der Waals surface area contributed by atoms with E-state index in [1.807, 2.05) is 42.5 Å². The van der Waals surface area contributed by atoms with E-state index in [1.165, 1.54) is 28.8 Å². The molecule has 0 amide bonds. The van der Waals surface area contributed by atoms with Gasteiger partial charge in [-0.2, -0.15) is 0 Å². The molecule has 0 aliphatic heterocycles. The Labute approximate surface area is 171 Å². The van der Waals surface area contributed by atoms with Crippen LogP contribution in [0.3, 0.4) is 0 Å². The first kappa shape index (κ1) is 18.2. The first-order chi connectivity index (χ1) is 14.5. The van der Waals surface area contributed by atoms with Crippen molar-refractivity contribution < 1.29 is 13.6 Å². The van der Waals surface area contributed by atoms with Crippen molar-refractivity contribution in [3.05, 3.63) is 102 Å². The molecule has 146 valence electrons. The van der Waals surface area contributed by atoms with Gasteiger partial charge in [-0.25, -0.2) is 13.8 Å². The minimum atomic E-state index is -0.604. The first-order valence-electron chi connectivity index (χ1n) is 9.50. The molecule has 0 saturated carbocycles. The molecule has 0 atom stereocenters. The summed E-state index contributed by atoms with van der Waals surface area (Å²) in [5.41, 5.74) is 1.97. The lowest BCUT2D eigenvalue weighted by Crippen LogP contribution is -2.16. The summed E-state index contributed by atoms with van der Waals surface area (Å²) in [6.07, 6.45) is 0. The van der Waals surface area contributed by atoms with Gasteiger partial charge in [0.25, 0.3) is 5.91 Å². The van der Waals surface area contributed by atoms with E-state index in [4.69, 9.17) is 0 Å². The lowest BCUT2D eigenvalue weighted by molar-refractivity contribution is 0.0961. The van der Waals surface area contributed by atoms with Crippen LogP contribution in [0.25, 0.3) is 33.2 Å². The van der Waals surface area contributed by atoms with Gasteiger partial charge < -0.3 is 0 Å². The Balaban J connectivity index is 1.87. The van der Waals surface area contributed by atoms with Crippen molar-refractivity contribution in [1.82, 2.24) is 9.55 Å². The van der Waals surface area contributed by atoms with E-state index in [0.717, 1.165) is 10.8 Å². The number of hydrogen-bond donors (Lipinski definition) is 0. The second-order valence-electron chi connectivity index (χ2n) is 7.17. The molecule has 0 spiro atoms. The molecule has 5 rings (SSSR count). The van der Waals surface area contributed by atoms with Crippen LogP contribution in [0.2, 0.25) is 0 Å². The predicted octanol–water partition coefficient (Wildman–Crippen LogP) is 6.13. The largest absolute Gasteiger partial charge is 0.268 e. The van der Waals surface area contributed by atoms with Gasteiger partial charge in [-0.1, -0.05) is 54.6 Å². The zero-order chi connectivity index (χ0) is 20.8. The Bertz CT molecular complexity index is 1430. The highest BCUT2D eigenvalue weighted by atomic mass is 19.1. The van der Waals surface area contributed by atoms with Gasteiger partial charge in [0, 0.05) is 11.6 Å². The van der Waals surface area contributed by atoms with Crippen LogP contribution in [-0.4, -0.2) is 15.5 Å². The summed E-state index contributed by atoms with van der Waals surface area (Å²) in [5.74, 6) is -1.25. The van der Waals surface area contributed by atoms with Crippen LogP contribution in [0.5, 0.6) is 0 Å². The molecular weight excluding hydrogens is 382 g/mol. The Kier molecular flexibility index (Phi) is 4.17. The number of benzene rings is 4. The summed E-state index contributed by atoms with van der Waals surface area (Å²) in [6, 6.07) is 22.0. The molecule has 0 saturated heterocycles. The van der Waals surface area contributed by atoms with E-state index in [-0.39, 0.29) is 5.56 Å². The summed E-state index contributed by atoms with van der Waals surface area (Å²) in [4.78, 5) is 18.1. The van der Waals surface area contributed by atoms with E-state index in [9.17, 15) is 13.6 Å². The molecular formula is C25H16F2N2O. The van der Waals surface area contributed by atoms with Gasteiger partial charge in [-0.3, -0.25) is 9.36 Å². The number of nitrogens with zero attached hydrogens (tertiary/aromatic N) is 2. The quantitative estimate of drug-likeness (QED) is 0.358. The normalized spacial score (nSPS) is 11.3. The number of imidazole rings is 1. The molecule has 0 fully saturated rings. The number of hydrogen-bond acceptors (Lipinski definition) is 2. The van der Waals surface area contributed by atoms with Gasteiger partial charge in [0.15, 0.2) is 0 Å². The molecule has 0 aliphatic carbocycles. The topological polar surface area (TPSA) is 34.9 Å². The van der Waals surface area contributed by atoms with Gasteiger partial charge in [-0.15, -0.1) is 0 Å². The Hall–Kier alpha value is -3.86. The Morgan fingerprint density at radius 3 is 2.50 bits per heavy atom. The van der Waals surface area contributed by atoms with Crippen molar-refractivity contribution in [2.24, 2.45) is 0 Å². The Morgan fingerprint density at radius 1 is 0.900 bits per heavy atom. The third-order valence-electron chi connectivity index (χ3n) is 5.29. The van der Waals surface area contributed by atoms with Crippen molar-refractivity contribution in [2.75, 3.05) is 0 Å². The number of fused-ring (bicyclic) bond motifs is 2. The fourth-order valence-electron chi connectivity index (χ4n) is 3.87. The van der Waals surface area contributed by atoms with Crippen LogP contribution in [0.1, 0.15) is 15.9 Å². The van der Waals surface area contributed by atoms with E-state index in [2.05, 4.69) is 4.98 Å². The molecule has 0 unspecified atom stereocenters. The minimum absolute atomic E-state index is 0.0254. The maximum atomic E-state index is 14.6. The number of rotatable bonds is 2. The SMILES string of the molecule is Cc1cccc(F)c1C(=O)n1c(-c2cccc3ccccc23)nc2cc(F)ccc21. The molecule has 0 bridgehead atoms. The number of aryl methyl sites for hydroxylation is 1. The van der Waals surface area contributed by atoms with E-state index in [0.29, 0.717) is 28.0 Å². The molecule has 0 aliphatic rings. The van der Waals surface area contributed by atoms with Gasteiger partial charge in [0.1, 0.15) is 17.5 Å². The lowest BCUT2D eigenvalue weighted by Gasteiger charge is -2.12. The van der Waals surface area contributed by atoms with Crippen LogP contribution in [0.4, 0.5) is 8.78 Å². The molecule has 30 heavy (non-hydrogen) atoms. The monoisotopic (exact) mass is 398 g/mol. The zero-order valence-corrected chi connectivity index (χ0v) is 16.1. The molecule has 0 N–H and O–H groups in total. The first-order valence-corrected chi connectivity index (χ1v) is 9.50. The maximum absolute atomic E-state index is 14.6. The highest BCUT2D eigenvalue weighted by Crippen LogP contribution is 2.32. The average Bonchev–Trinajstić information content (AvgIpc) is 3.11. The number of carbonyl (C=O) groups excluding carboxylic acids is 1.